The van der Waals surface area contributed by atoms with Gasteiger partial charge in [0.25, 0.3) is 5.91 Å². The van der Waals surface area contributed by atoms with Gasteiger partial charge in [0.2, 0.25) is 16.7 Å². The zero-order valence-electron chi connectivity index (χ0n) is 15.1. The van der Waals surface area contributed by atoms with Crippen molar-refractivity contribution in [2.24, 2.45) is 5.73 Å². The molecule has 1 spiro atoms. The first kappa shape index (κ1) is 17.6. The second-order valence-electron chi connectivity index (χ2n) is 6.81. The molecule has 2 heterocycles. The second kappa shape index (κ2) is 6.13. The largest absolute Gasteiger partial charge is 0.368 e. The SMILES string of the molecule is Cc1ccc(N2C(=O)CSC23C(=O)N(CC(N)=O)c2ccccc23)cc1C. The molecule has 6 nitrogen and oxygen atoms in total. The molecule has 1 fully saturated rings. The predicted molar refractivity (Wildman–Crippen MR) is 106 cm³/mol. The van der Waals surface area contributed by atoms with Crippen LogP contribution in [0.25, 0.3) is 0 Å². The number of primary amides is 1. The maximum absolute atomic E-state index is 13.5. The number of fused-ring (bicyclic) bond motifs is 2. The Bertz CT molecular complexity index is 990. The van der Waals surface area contributed by atoms with Gasteiger partial charge in [-0.05, 0) is 43.2 Å². The van der Waals surface area contributed by atoms with Crippen molar-refractivity contribution in [3.05, 3.63) is 59.2 Å². The molecule has 2 N–H and O–H groups in total. The lowest BCUT2D eigenvalue weighted by molar-refractivity contribution is -0.125. The van der Waals surface area contributed by atoms with Crippen LogP contribution in [0.3, 0.4) is 0 Å². The first-order chi connectivity index (χ1) is 12.9. The van der Waals surface area contributed by atoms with E-state index in [2.05, 4.69) is 0 Å². The van der Waals surface area contributed by atoms with Crippen LogP contribution < -0.4 is 15.5 Å². The van der Waals surface area contributed by atoms with E-state index in [1.807, 2.05) is 44.2 Å². The summed E-state index contributed by atoms with van der Waals surface area (Å²) in [4.78, 5) is 39.7. The second-order valence-corrected chi connectivity index (χ2v) is 7.97. The van der Waals surface area contributed by atoms with Crippen molar-refractivity contribution in [1.82, 2.24) is 0 Å². The number of carbonyl (C=O) groups excluding carboxylic acids is 3. The third-order valence-electron chi connectivity index (χ3n) is 5.13. The lowest BCUT2D eigenvalue weighted by atomic mass is 10.0. The molecule has 4 rings (SSSR count). The fraction of sp³-hybridized carbons (Fsp3) is 0.250. The first-order valence-corrected chi connectivity index (χ1v) is 9.59. The summed E-state index contributed by atoms with van der Waals surface area (Å²) in [5, 5.41) is 0. The Balaban J connectivity index is 1.92. The number of hydrogen-bond donors (Lipinski definition) is 1. The van der Waals surface area contributed by atoms with Crippen molar-refractivity contribution in [1.29, 1.82) is 0 Å². The molecule has 3 amide bonds. The lowest BCUT2D eigenvalue weighted by Gasteiger charge is -2.33. The topological polar surface area (TPSA) is 83.7 Å². The smallest absolute Gasteiger partial charge is 0.269 e. The van der Waals surface area contributed by atoms with Gasteiger partial charge in [0.1, 0.15) is 6.54 Å². The Labute approximate surface area is 161 Å². The summed E-state index contributed by atoms with van der Waals surface area (Å²) >= 11 is 1.29. The number of benzene rings is 2. The molecule has 1 saturated heterocycles. The summed E-state index contributed by atoms with van der Waals surface area (Å²) in [5.41, 5.74) is 9.54. The molecular formula is C20H19N3O3S. The maximum atomic E-state index is 13.5. The van der Waals surface area contributed by atoms with Crippen LogP contribution in [0.1, 0.15) is 16.7 Å². The minimum absolute atomic E-state index is 0.132. The Kier molecular flexibility index (Phi) is 3.99. The zero-order valence-corrected chi connectivity index (χ0v) is 15.9. The lowest BCUT2D eigenvalue weighted by Crippen LogP contribution is -2.51. The molecule has 0 bridgehead atoms. The highest BCUT2D eigenvalue weighted by atomic mass is 32.2. The van der Waals surface area contributed by atoms with Gasteiger partial charge in [0.05, 0.1) is 11.4 Å². The van der Waals surface area contributed by atoms with Crippen LogP contribution in [0.5, 0.6) is 0 Å². The highest BCUT2D eigenvalue weighted by Crippen LogP contribution is 2.55. The average Bonchev–Trinajstić information content (AvgIpc) is 3.09. The van der Waals surface area contributed by atoms with E-state index in [-0.39, 0.29) is 24.1 Å². The van der Waals surface area contributed by atoms with Gasteiger partial charge in [-0.1, -0.05) is 24.3 Å². The van der Waals surface area contributed by atoms with Gasteiger partial charge in [-0.25, -0.2) is 0 Å². The van der Waals surface area contributed by atoms with Crippen molar-refractivity contribution in [3.63, 3.8) is 0 Å². The summed E-state index contributed by atoms with van der Waals surface area (Å²) in [5.74, 6) is -0.844. The van der Waals surface area contributed by atoms with E-state index in [4.69, 9.17) is 5.73 Å². The Morgan fingerprint density at radius 3 is 2.59 bits per heavy atom. The van der Waals surface area contributed by atoms with Crippen molar-refractivity contribution in [2.45, 2.75) is 18.7 Å². The zero-order chi connectivity index (χ0) is 19.3. The van der Waals surface area contributed by atoms with Gasteiger partial charge in [0, 0.05) is 11.3 Å². The van der Waals surface area contributed by atoms with Crippen LogP contribution in [0, 0.1) is 13.8 Å². The van der Waals surface area contributed by atoms with E-state index >= 15 is 0 Å². The quantitative estimate of drug-likeness (QED) is 0.882. The molecule has 138 valence electrons. The van der Waals surface area contributed by atoms with Crippen molar-refractivity contribution >= 4 is 40.9 Å². The number of rotatable bonds is 3. The summed E-state index contributed by atoms with van der Waals surface area (Å²) < 4.78 is 0. The summed E-state index contributed by atoms with van der Waals surface area (Å²) in [6, 6.07) is 13.0. The van der Waals surface area contributed by atoms with Gasteiger partial charge in [-0.15, -0.1) is 11.8 Å². The molecule has 0 saturated carbocycles. The Morgan fingerprint density at radius 1 is 1.15 bits per heavy atom. The molecule has 0 radical (unpaired) electrons. The number of carbonyl (C=O) groups is 3. The number of nitrogens with two attached hydrogens (primary N) is 1. The van der Waals surface area contributed by atoms with E-state index in [0.717, 1.165) is 11.1 Å². The summed E-state index contributed by atoms with van der Waals surface area (Å²) in [6.45, 7) is 3.76. The fourth-order valence-corrected chi connectivity index (χ4v) is 5.09. The van der Waals surface area contributed by atoms with E-state index in [1.54, 1.807) is 17.0 Å². The standard InChI is InChI=1S/C20H19N3O3S/c1-12-7-8-14(9-13(12)2)23-18(25)11-27-20(23)15-5-3-4-6-16(15)22(19(20)26)10-17(21)24/h3-9H,10-11H2,1-2H3,(H2,21,24). The van der Waals surface area contributed by atoms with E-state index < -0.39 is 10.8 Å². The molecule has 0 aromatic heterocycles. The highest BCUT2D eigenvalue weighted by molar-refractivity contribution is 8.02. The van der Waals surface area contributed by atoms with Crippen LogP contribution in [0.4, 0.5) is 11.4 Å². The molecule has 1 atom stereocenters. The van der Waals surface area contributed by atoms with Gasteiger partial charge in [-0.3, -0.25) is 24.2 Å². The monoisotopic (exact) mass is 381 g/mol. The van der Waals surface area contributed by atoms with Crippen LogP contribution in [0.2, 0.25) is 0 Å². The molecule has 2 aliphatic rings. The minimum atomic E-state index is -1.20. The fourth-order valence-electron chi connectivity index (χ4n) is 3.73. The number of amides is 3. The molecule has 27 heavy (non-hydrogen) atoms. The van der Waals surface area contributed by atoms with Crippen molar-refractivity contribution < 1.29 is 14.4 Å². The van der Waals surface area contributed by atoms with Crippen molar-refractivity contribution in [2.75, 3.05) is 22.1 Å². The average molecular weight is 381 g/mol. The number of thioether (sulfide) groups is 1. The molecule has 1 unspecified atom stereocenters. The molecule has 2 aromatic carbocycles. The molecule has 2 aromatic rings. The van der Waals surface area contributed by atoms with Crippen LogP contribution in [-0.4, -0.2) is 30.0 Å². The number of aryl methyl sites for hydroxylation is 2. The minimum Gasteiger partial charge on any atom is -0.368 e. The van der Waals surface area contributed by atoms with E-state index in [9.17, 15) is 14.4 Å². The molecule has 7 heteroatoms. The van der Waals surface area contributed by atoms with Gasteiger partial charge < -0.3 is 5.73 Å². The molecular weight excluding hydrogens is 362 g/mol. The van der Waals surface area contributed by atoms with Crippen molar-refractivity contribution in [3.8, 4) is 0 Å². The maximum Gasteiger partial charge on any atom is 0.269 e. The number of anilines is 2. The van der Waals surface area contributed by atoms with E-state index in [1.165, 1.54) is 16.7 Å². The highest BCUT2D eigenvalue weighted by Gasteiger charge is 2.61. The molecule has 2 aliphatic heterocycles. The van der Waals surface area contributed by atoms with Gasteiger partial charge >= 0.3 is 0 Å². The predicted octanol–water partition coefficient (Wildman–Crippen LogP) is 2.07. The number of nitrogens with zero attached hydrogens (tertiary/aromatic N) is 2. The van der Waals surface area contributed by atoms with E-state index in [0.29, 0.717) is 16.9 Å². The Morgan fingerprint density at radius 2 is 1.89 bits per heavy atom. The summed E-state index contributed by atoms with van der Waals surface area (Å²) in [6.07, 6.45) is 0. The molecule has 0 aliphatic carbocycles. The van der Waals surface area contributed by atoms with Crippen LogP contribution >= 0.6 is 11.8 Å². The van der Waals surface area contributed by atoms with Gasteiger partial charge in [-0.2, -0.15) is 0 Å². The third kappa shape index (κ3) is 2.45. The summed E-state index contributed by atoms with van der Waals surface area (Å²) in [7, 11) is 0. The normalized spacial score (nSPS) is 21.3. The Hall–Kier alpha value is -2.80. The van der Waals surface area contributed by atoms with Crippen LogP contribution in [-0.2, 0) is 19.3 Å². The number of hydrogen-bond acceptors (Lipinski definition) is 4. The van der Waals surface area contributed by atoms with Gasteiger partial charge in [0.15, 0.2) is 0 Å². The number of para-hydroxylation sites is 1. The third-order valence-corrected chi connectivity index (χ3v) is 6.51. The van der Waals surface area contributed by atoms with Crippen LogP contribution in [0.15, 0.2) is 42.5 Å². The first-order valence-electron chi connectivity index (χ1n) is 8.60.